The molecule has 0 saturated heterocycles. The Bertz CT molecular complexity index is 581. The molecular formula is C18H23NO3. The van der Waals surface area contributed by atoms with Gasteiger partial charge in [-0.2, -0.15) is 0 Å². The molecule has 0 unspecified atom stereocenters. The molecule has 0 atom stereocenters. The van der Waals surface area contributed by atoms with Gasteiger partial charge in [-0.15, -0.1) is 0 Å². The van der Waals surface area contributed by atoms with E-state index >= 15 is 0 Å². The van der Waals surface area contributed by atoms with Gasteiger partial charge in [0.05, 0.1) is 26.5 Å². The van der Waals surface area contributed by atoms with Crippen molar-refractivity contribution in [3.05, 3.63) is 48.0 Å². The lowest BCUT2D eigenvalue weighted by Gasteiger charge is -2.13. The molecule has 0 fully saturated rings. The summed E-state index contributed by atoms with van der Waals surface area (Å²) in [6.45, 7) is 3.57. The highest BCUT2D eigenvalue weighted by Gasteiger charge is 2.04. The topological polar surface area (TPSA) is 39.7 Å². The Morgan fingerprint density at radius 2 is 1.64 bits per heavy atom. The van der Waals surface area contributed by atoms with E-state index in [0.29, 0.717) is 0 Å². The lowest BCUT2D eigenvalue weighted by molar-refractivity contribution is 0.317. The fourth-order valence-corrected chi connectivity index (χ4v) is 2.07. The maximum atomic E-state index is 5.58. The van der Waals surface area contributed by atoms with Gasteiger partial charge >= 0.3 is 0 Å². The van der Waals surface area contributed by atoms with Gasteiger partial charge in [-0.3, -0.25) is 0 Å². The van der Waals surface area contributed by atoms with Crippen LogP contribution < -0.4 is 19.5 Å². The third-order valence-corrected chi connectivity index (χ3v) is 3.29. The minimum Gasteiger partial charge on any atom is -0.497 e. The molecule has 0 bridgehead atoms. The van der Waals surface area contributed by atoms with Gasteiger partial charge in [-0.1, -0.05) is 19.1 Å². The first-order chi connectivity index (χ1) is 10.8. The zero-order valence-electron chi connectivity index (χ0n) is 13.4. The molecular weight excluding hydrogens is 278 g/mol. The number of rotatable bonds is 8. The van der Waals surface area contributed by atoms with Crippen molar-refractivity contribution in [3.63, 3.8) is 0 Å². The fourth-order valence-electron chi connectivity index (χ4n) is 2.07. The first-order valence-corrected chi connectivity index (χ1v) is 7.44. The molecule has 4 heteroatoms. The van der Waals surface area contributed by atoms with Gasteiger partial charge in [0.1, 0.15) is 17.2 Å². The minimum absolute atomic E-state index is 0.719. The summed E-state index contributed by atoms with van der Waals surface area (Å²) in [4.78, 5) is 0. The summed E-state index contributed by atoms with van der Waals surface area (Å²) in [5, 5.41) is 3.37. The molecule has 0 amide bonds. The van der Waals surface area contributed by atoms with E-state index in [1.165, 1.54) is 5.56 Å². The van der Waals surface area contributed by atoms with E-state index in [-0.39, 0.29) is 0 Å². The SMILES string of the molecule is CCCOc1ccc(CNc2ccc(OC)cc2OC)cc1. The van der Waals surface area contributed by atoms with E-state index < -0.39 is 0 Å². The molecule has 4 nitrogen and oxygen atoms in total. The van der Waals surface area contributed by atoms with Crippen molar-refractivity contribution >= 4 is 5.69 Å². The van der Waals surface area contributed by atoms with E-state index in [1.54, 1.807) is 14.2 Å². The van der Waals surface area contributed by atoms with Crippen molar-refractivity contribution in [2.75, 3.05) is 26.1 Å². The lowest BCUT2D eigenvalue weighted by atomic mass is 10.2. The molecule has 2 rings (SSSR count). The number of methoxy groups -OCH3 is 2. The van der Waals surface area contributed by atoms with E-state index in [0.717, 1.165) is 42.5 Å². The third-order valence-electron chi connectivity index (χ3n) is 3.29. The molecule has 2 aromatic carbocycles. The second-order valence-electron chi connectivity index (χ2n) is 4.91. The van der Waals surface area contributed by atoms with E-state index in [4.69, 9.17) is 14.2 Å². The van der Waals surface area contributed by atoms with Crippen LogP contribution in [0.3, 0.4) is 0 Å². The number of nitrogens with one attached hydrogen (secondary N) is 1. The van der Waals surface area contributed by atoms with Crippen LogP contribution in [0.2, 0.25) is 0 Å². The average Bonchev–Trinajstić information content (AvgIpc) is 2.58. The Morgan fingerprint density at radius 3 is 2.27 bits per heavy atom. The molecule has 0 spiro atoms. The normalized spacial score (nSPS) is 10.1. The zero-order chi connectivity index (χ0) is 15.8. The zero-order valence-corrected chi connectivity index (χ0v) is 13.4. The first-order valence-electron chi connectivity index (χ1n) is 7.44. The van der Waals surface area contributed by atoms with Gasteiger partial charge in [0.2, 0.25) is 0 Å². The highest BCUT2D eigenvalue weighted by Crippen LogP contribution is 2.29. The van der Waals surface area contributed by atoms with Crippen LogP contribution in [0.15, 0.2) is 42.5 Å². The number of hydrogen-bond donors (Lipinski definition) is 1. The summed E-state index contributed by atoms with van der Waals surface area (Å²) < 4.78 is 16.2. The van der Waals surface area contributed by atoms with E-state index in [2.05, 4.69) is 24.4 Å². The predicted octanol–water partition coefficient (Wildman–Crippen LogP) is 4.10. The maximum Gasteiger partial charge on any atom is 0.145 e. The monoisotopic (exact) mass is 301 g/mol. The van der Waals surface area contributed by atoms with Gasteiger partial charge in [-0.05, 0) is 36.2 Å². The number of hydrogen-bond acceptors (Lipinski definition) is 4. The summed E-state index contributed by atoms with van der Waals surface area (Å²) in [7, 11) is 3.30. The first kappa shape index (κ1) is 16.0. The van der Waals surface area contributed by atoms with Crippen LogP contribution in [0.4, 0.5) is 5.69 Å². The Morgan fingerprint density at radius 1 is 0.909 bits per heavy atom. The summed E-state index contributed by atoms with van der Waals surface area (Å²) in [5.74, 6) is 2.45. The standard InChI is InChI=1S/C18H23NO3/c1-4-11-22-15-7-5-14(6-8-15)13-19-17-10-9-16(20-2)12-18(17)21-3/h5-10,12,19H,4,11,13H2,1-3H3. The molecule has 1 N–H and O–H groups in total. The van der Waals surface area contributed by atoms with Crippen LogP contribution in [-0.2, 0) is 6.54 Å². The molecule has 0 aliphatic heterocycles. The van der Waals surface area contributed by atoms with Crippen LogP contribution >= 0.6 is 0 Å². The summed E-state index contributed by atoms with van der Waals surface area (Å²) in [6, 6.07) is 13.9. The van der Waals surface area contributed by atoms with Gasteiger partial charge < -0.3 is 19.5 Å². The van der Waals surface area contributed by atoms with Crippen molar-refractivity contribution in [2.24, 2.45) is 0 Å². The largest absolute Gasteiger partial charge is 0.497 e. The summed E-state index contributed by atoms with van der Waals surface area (Å²) in [5.41, 5.74) is 2.12. The molecule has 22 heavy (non-hydrogen) atoms. The maximum absolute atomic E-state index is 5.58. The third kappa shape index (κ3) is 4.32. The second-order valence-corrected chi connectivity index (χ2v) is 4.91. The smallest absolute Gasteiger partial charge is 0.145 e. The summed E-state index contributed by atoms with van der Waals surface area (Å²) >= 11 is 0. The molecule has 0 aliphatic carbocycles. The Balaban J connectivity index is 1.97. The van der Waals surface area contributed by atoms with Crippen LogP contribution in [-0.4, -0.2) is 20.8 Å². The quantitative estimate of drug-likeness (QED) is 0.796. The molecule has 118 valence electrons. The van der Waals surface area contributed by atoms with Gasteiger partial charge in [-0.25, -0.2) is 0 Å². The molecule has 0 heterocycles. The van der Waals surface area contributed by atoms with Crippen molar-refractivity contribution < 1.29 is 14.2 Å². The summed E-state index contributed by atoms with van der Waals surface area (Å²) in [6.07, 6.45) is 1.01. The molecule has 0 aromatic heterocycles. The van der Waals surface area contributed by atoms with Crippen molar-refractivity contribution in [1.29, 1.82) is 0 Å². The van der Waals surface area contributed by atoms with Crippen molar-refractivity contribution in [1.82, 2.24) is 0 Å². The van der Waals surface area contributed by atoms with Crippen LogP contribution in [0.25, 0.3) is 0 Å². The van der Waals surface area contributed by atoms with Crippen molar-refractivity contribution in [2.45, 2.75) is 19.9 Å². The van der Waals surface area contributed by atoms with Gasteiger partial charge in [0.15, 0.2) is 0 Å². The molecule has 0 radical (unpaired) electrons. The fraction of sp³-hybridized carbons (Fsp3) is 0.333. The Labute approximate surface area is 132 Å². The average molecular weight is 301 g/mol. The highest BCUT2D eigenvalue weighted by atomic mass is 16.5. The van der Waals surface area contributed by atoms with Crippen LogP contribution in [0.5, 0.6) is 17.2 Å². The van der Waals surface area contributed by atoms with Crippen LogP contribution in [0, 0.1) is 0 Å². The Hall–Kier alpha value is -2.36. The van der Waals surface area contributed by atoms with E-state index in [9.17, 15) is 0 Å². The Kier molecular flexibility index (Phi) is 5.95. The van der Waals surface area contributed by atoms with Crippen molar-refractivity contribution in [3.8, 4) is 17.2 Å². The van der Waals surface area contributed by atoms with Crippen LogP contribution in [0.1, 0.15) is 18.9 Å². The molecule has 2 aromatic rings. The number of ether oxygens (including phenoxy) is 3. The van der Waals surface area contributed by atoms with E-state index in [1.807, 2.05) is 30.3 Å². The predicted molar refractivity (Wildman–Crippen MR) is 89.1 cm³/mol. The van der Waals surface area contributed by atoms with Gasteiger partial charge in [0.25, 0.3) is 0 Å². The number of benzene rings is 2. The lowest BCUT2D eigenvalue weighted by Crippen LogP contribution is -2.02. The van der Waals surface area contributed by atoms with Gasteiger partial charge in [0, 0.05) is 12.6 Å². The highest BCUT2D eigenvalue weighted by molar-refractivity contribution is 5.59. The molecule has 0 saturated carbocycles. The molecule has 0 aliphatic rings. The minimum atomic E-state index is 0.719. The second kappa shape index (κ2) is 8.17. The number of anilines is 1.